The van der Waals surface area contributed by atoms with E-state index in [4.69, 9.17) is 4.52 Å². The van der Waals surface area contributed by atoms with E-state index in [0.717, 1.165) is 11.5 Å². The minimum absolute atomic E-state index is 0.173. The highest BCUT2D eigenvalue weighted by molar-refractivity contribution is 5.17. The zero-order valence-electron chi connectivity index (χ0n) is 9.98. The molecule has 0 atom stereocenters. The molecule has 0 saturated carbocycles. The van der Waals surface area contributed by atoms with Crippen molar-refractivity contribution in [1.29, 1.82) is 0 Å². The lowest BCUT2D eigenvalue weighted by Gasteiger charge is -2.14. The average molecular weight is 234 g/mol. The molecule has 1 heterocycles. The van der Waals surface area contributed by atoms with Gasteiger partial charge in [-0.3, -0.25) is 4.90 Å². The van der Waals surface area contributed by atoms with Crippen molar-refractivity contribution >= 4 is 0 Å². The van der Waals surface area contributed by atoms with Crippen molar-refractivity contribution in [3.63, 3.8) is 0 Å². The molecule has 2 aromatic rings. The van der Waals surface area contributed by atoms with Crippen LogP contribution in [0.2, 0.25) is 0 Å². The molecule has 3 nitrogen and oxygen atoms in total. The lowest BCUT2D eigenvalue weighted by molar-refractivity contribution is 0.263. The van der Waals surface area contributed by atoms with Gasteiger partial charge in [0.1, 0.15) is 5.82 Å². The van der Waals surface area contributed by atoms with Gasteiger partial charge >= 0.3 is 0 Å². The van der Waals surface area contributed by atoms with E-state index in [1.54, 1.807) is 12.1 Å². The summed E-state index contributed by atoms with van der Waals surface area (Å²) in [7, 11) is 1.92. The molecule has 0 unspecified atom stereocenters. The predicted molar refractivity (Wildman–Crippen MR) is 62.8 cm³/mol. The molecule has 0 aliphatic carbocycles. The van der Waals surface area contributed by atoms with E-state index in [2.05, 4.69) is 5.16 Å². The van der Waals surface area contributed by atoms with E-state index < -0.39 is 0 Å². The van der Waals surface area contributed by atoms with Gasteiger partial charge in [0.15, 0.2) is 5.76 Å². The summed E-state index contributed by atoms with van der Waals surface area (Å²) in [5.41, 5.74) is 1.55. The minimum atomic E-state index is -0.173. The van der Waals surface area contributed by atoms with E-state index in [-0.39, 0.29) is 5.82 Å². The largest absolute Gasteiger partial charge is 0.360 e. The smallest absolute Gasteiger partial charge is 0.150 e. The Balaban J connectivity index is 1.98. The fourth-order valence-corrected chi connectivity index (χ4v) is 1.73. The number of nitrogens with zero attached hydrogens (tertiary/aromatic N) is 2. The highest BCUT2D eigenvalue weighted by Crippen LogP contribution is 2.11. The van der Waals surface area contributed by atoms with Gasteiger partial charge in [-0.1, -0.05) is 23.4 Å². The third-order valence-electron chi connectivity index (χ3n) is 2.50. The zero-order valence-corrected chi connectivity index (χ0v) is 9.98. The Labute approximate surface area is 99.8 Å². The van der Waals surface area contributed by atoms with Gasteiger partial charge in [-0.2, -0.15) is 0 Å². The number of hydrogen-bond acceptors (Lipinski definition) is 3. The standard InChI is InChI=1S/C13H15FN2O/c1-10-7-12(17-15-10)9-16(2)8-11-5-3-4-6-13(11)14/h3-7H,8-9H2,1-2H3. The van der Waals surface area contributed by atoms with Gasteiger partial charge in [0.05, 0.1) is 12.2 Å². The van der Waals surface area contributed by atoms with Gasteiger partial charge in [-0.25, -0.2) is 4.39 Å². The highest BCUT2D eigenvalue weighted by Gasteiger charge is 2.08. The van der Waals surface area contributed by atoms with E-state index in [9.17, 15) is 4.39 Å². The number of hydrogen-bond donors (Lipinski definition) is 0. The normalized spacial score (nSPS) is 11.1. The third-order valence-corrected chi connectivity index (χ3v) is 2.50. The van der Waals surface area contributed by atoms with Crippen LogP contribution in [0.25, 0.3) is 0 Å². The molecule has 0 fully saturated rings. The van der Waals surface area contributed by atoms with Gasteiger partial charge in [0.2, 0.25) is 0 Å². The summed E-state index contributed by atoms with van der Waals surface area (Å²) >= 11 is 0. The minimum Gasteiger partial charge on any atom is -0.360 e. The Kier molecular flexibility index (Phi) is 3.54. The first kappa shape index (κ1) is 11.8. The lowest BCUT2D eigenvalue weighted by Crippen LogP contribution is -2.17. The van der Waals surface area contributed by atoms with Crippen molar-refractivity contribution in [2.75, 3.05) is 7.05 Å². The van der Waals surface area contributed by atoms with Crippen molar-refractivity contribution in [2.24, 2.45) is 0 Å². The molecule has 1 aromatic carbocycles. The number of aryl methyl sites for hydroxylation is 1. The van der Waals surface area contributed by atoms with Crippen LogP contribution in [0.3, 0.4) is 0 Å². The van der Waals surface area contributed by atoms with Crippen LogP contribution in [0.4, 0.5) is 4.39 Å². The maximum Gasteiger partial charge on any atom is 0.150 e. The first-order valence-electron chi connectivity index (χ1n) is 5.49. The molecule has 17 heavy (non-hydrogen) atoms. The summed E-state index contributed by atoms with van der Waals surface area (Å²) in [4.78, 5) is 1.98. The van der Waals surface area contributed by atoms with Crippen LogP contribution < -0.4 is 0 Å². The molecule has 90 valence electrons. The molecule has 0 saturated heterocycles. The second-order valence-corrected chi connectivity index (χ2v) is 4.20. The summed E-state index contributed by atoms with van der Waals surface area (Å²) < 4.78 is 18.5. The Bertz CT molecular complexity index is 496. The van der Waals surface area contributed by atoms with Gasteiger partial charge in [0, 0.05) is 18.2 Å². The summed E-state index contributed by atoms with van der Waals surface area (Å²) in [5, 5.41) is 3.82. The molecule has 0 radical (unpaired) electrons. The van der Waals surface area contributed by atoms with Gasteiger partial charge in [-0.15, -0.1) is 0 Å². The van der Waals surface area contributed by atoms with Gasteiger partial charge in [-0.05, 0) is 20.0 Å². The third kappa shape index (κ3) is 3.14. The Hall–Kier alpha value is -1.68. The maximum absolute atomic E-state index is 13.4. The Morgan fingerprint density at radius 1 is 1.29 bits per heavy atom. The molecular formula is C13H15FN2O. The van der Waals surface area contributed by atoms with Crippen molar-refractivity contribution in [2.45, 2.75) is 20.0 Å². The van der Waals surface area contributed by atoms with Crippen LogP contribution in [0.15, 0.2) is 34.9 Å². The topological polar surface area (TPSA) is 29.3 Å². The molecule has 0 aliphatic rings. The van der Waals surface area contributed by atoms with Crippen molar-refractivity contribution < 1.29 is 8.91 Å². The summed E-state index contributed by atoms with van der Waals surface area (Å²) in [6, 6.07) is 8.68. The second-order valence-electron chi connectivity index (χ2n) is 4.20. The Morgan fingerprint density at radius 2 is 2.06 bits per heavy atom. The predicted octanol–water partition coefficient (Wildman–Crippen LogP) is 2.75. The first-order valence-corrected chi connectivity index (χ1v) is 5.49. The Morgan fingerprint density at radius 3 is 2.71 bits per heavy atom. The van der Waals surface area contributed by atoms with E-state index in [1.165, 1.54) is 6.07 Å². The van der Waals surface area contributed by atoms with Crippen LogP contribution in [0, 0.1) is 12.7 Å². The second kappa shape index (κ2) is 5.10. The van der Waals surface area contributed by atoms with Crippen LogP contribution in [-0.4, -0.2) is 17.1 Å². The van der Waals surface area contributed by atoms with Crippen molar-refractivity contribution in [1.82, 2.24) is 10.1 Å². The molecule has 0 N–H and O–H groups in total. The van der Waals surface area contributed by atoms with Gasteiger partial charge < -0.3 is 4.52 Å². The van der Waals surface area contributed by atoms with Crippen molar-refractivity contribution in [3.8, 4) is 0 Å². The van der Waals surface area contributed by atoms with Crippen LogP contribution in [-0.2, 0) is 13.1 Å². The van der Waals surface area contributed by atoms with Crippen LogP contribution >= 0.6 is 0 Å². The molecule has 0 aliphatic heterocycles. The lowest BCUT2D eigenvalue weighted by atomic mass is 10.2. The molecule has 2 rings (SSSR count). The highest BCUT2D eigenvalue weighted by atomic mass is 19.1. The number of aromatic nitrogens is 1. The fourth-order valence-electron chi connectivity index (χ4n) is 1.73. The van der Waals surface area contributed by atoms with Crippen molar-refractivity contribution in [3.05, 3.63) is 53.2 Å². The first-order chi connectivity index (χ1) is 8.15. The van der Waals surface area contributed by atoms with E-state index in [0.29, 0.717) is 18.7 Å². The van der Waals surface area contributed by atoms with Crippen LogP contribution in [0.1, 0.15) is 17.0 Å². The summed E-state index contributed by atoms with van der Waals surface area (Å²) in [6.45, 7) is 3.05. The zero-order chi connectivity index (χ0) is 12.3. The average Bonchev–Trinajstić information content (AvgIpc) is 2.67. The number of halogens is 1. The molecular weight excluding hydrogens is 219 g/mol. The number of rotatable bonds is 4. The number of benzene rings is 1. The van der Waals surface area contributed by atoms with E-state index in [1.807, 2.05) is 31.0 Å². The molecule has 0 amide bonds. The molecule has 0 bridgehead atoms. The quantitative estimate of drug-likeness (QED) is 0.814. The SMILES string of the molecule is Cc1cc(CN(C)Cc2ccccc2F)on1. The molecule has 4 heteroatoms. The van der Waals surface area contributed by atoms with E-state index >= 15 is 0 Å². The molecule has 0 spiro atoms. The van der Waals surface area contributed by atoms with Gasteiger partial charge in [0.25, 0.3) is 0 Å². The molecule has 1 aromatic heterocycles. The van der Waals surface area contributed by atoms with Crippen LogP contribution in [0.5, 0.6) is 0 Å². The summed E-state index contributed by atoms with van der Waals surface area (Å²) in [6.07, 6.45) is 0. The fraction of sp³-hybridized carbons (Fsp3) is 0.308. The maximum atomic E-state index is 13.4. The summed E-state index contributed by atoms with van der Waals surface area (Å²) in [5.74, 6) is 0.620. The monoisotopic (exact) mass is 234 g/mol.